The van der Waals surface area contributed by atoms with Crippen molar-refractivity contribution < 1.29 is 9.59 Å². The van der Waals surface area contributed by atoms with Crippen LogP contribution in [0.2, 0.25) is 0 Å². The minimum atomic E-state index is -0.0769. The molecule has 0 spiro atoms. The summed E-state index contributed by atoms with van der Waals surface area (Å²) in [6.07, 6.45) is 0. The van der Waals surface area contributed by atoms with Crippen LogP contribution in [0.15, 0.2) is 66.7 Å². The summed E-state index contributed by atoms with van der Waals surface area (Å²) in [5.41, 5.74) is 3.09. The van der Waals surface area contributed by atoms with Gasteiger partial charge in [-0.1, -0.05) is 51.1 Å². The first-order valence-electron chi connectivity index (χ1n) is 9.86. The largest absolute Gasteiger partial charge is 0.289 e. The molecule has 0 fully saturated rings. The van der Waals surface area contributed by atoms with E-state index in [-0.39, 0.29) is 17.0 Å². The van der Waals surface area contributed by atoms with Gasteiger partial charge in [-0.25, -0.2) is 0 Å². The zero-order chi connectivity index (χ0) is 21.0. The van der Waals surface area contributed by atoms with Gasteiger partial charge in [-0.3, -0.25) is 9.59 Å². The number of carbonyl (C=O) groups excluding carboxylic acids is 2. The Hall–Kier alpha value is -2.82. The molecule has 2 heterocycles. The molecule has 5 rings (SSSR count). The molecule has 0 saturated heterocycles. The lowest BCUT2D eigenvalue weighted by molar-refractivity contribution is 0.0979. The van der Waals surface area contributed by atoms with E-state index in [4.69, 9.17) is 0 Å². The second kappa shape index (κ2) is 6.86. The van der Waals surface area contributed by atoms with Crippen LogP contribution in [0.3, 0.4) is 0 Å². The molecule has 4 aromatic rings. The van der Waals surface area contributed by atoms with Gasteiger partial charge in [0.2, 0.25) is 0 Å². The third-order valence-electron chi connectivity index (χ3n) is 5.40. The predicted molar refractivity (Wildman–Crippen MR) is 125 cm³/mol. The van der Waals surface area contributed by atoms with Crippen LogP contribution in [-0.2, 0) is 5.41 Å². The standard InChI is InChI=1S/C26H20O2S2/c1-26(2,3)23-13-12-22(30-23)21-11-10-20(29-21)15-8-9-18-19(14-15)25(28)17-7-5-4-6-16(17)24(18)27/h4-14H,1-3H3. The van der Waals surface area contributed by atoms with Crippen LogP contribution >= 0.6 is 22.7 Å². The molecule has 0 atom stereocenters. The molecular weight excluding hydrogens is 408 g/mol. The van der Waals surface area contributed by atoms with E-state index in [1.165, 1.54) is 14.6 Å². The maximum absolute atomic E-state index is 13.0. The smallest absolute Gasteiger partial charge is 0.194 e. The van der Waals surface area contributed by atoms with Crippen molar-refractivity contribution in [2.24, 2.45) is 0 Å². The van der Waals surface area contributed by atoms with E-state index < -0.39 is 0 Å². The van der Waals surface area contributed by atoms with Gasteiger partial charge >= 0.3 is 0 Å². The minimum Gasteiger partial charge on any atom is -0.289 e. The molecule has 2 aromatic carbocycles. The molecule has 0 N–H and O–H groups in total. The Morgan fingerprint density at radius 2 is 1.17 bits per heavy atom. The third kappa shape index (κ3) is 3.08. The van der Waals surface area contributed by atoms with Gasteiger partial charge in [-0.2, -0.15) is 0 Å². The lowest BCUT2D eigenvalue weighted by Crippen LogP contribution is -2.20. The number of hydrogen-bond acceptors (Lipinski definition) is 4. The summed E-state index contributed by atoms with van der Waals surface area (Å²) < 4.78 is 0. The van der Waals surface area contributed by atoms with E-state index in [1.807, 2.05) is 23.5 Å². The molecular formula is C26H20O2S2. The second-order valence-corrected chi connectivity index (χ2v) is 10.7. The fraction of sp³-hybridized carbons (Fsp3) is 0.154. The summed E-state index contributed by atoms with van der Waals surface area (Å²) in [7, 11) is 0. The normalized spacial score (nSPS) is 13.3. The van der Waals surface area contributed by atoms with Gasteiger partial charge < -0.3 is 0 Å². The Kier molecular flexibility index (Phi) is 4.38. The van der Waals surface area contributed by atoms with E-state index in [0.717, 1.165) is 10.4 Å². The summed E-state index contributed by atoms with van der Waals surface area (Å²) in [5.74, 6) is -0.154. The summed E-state index contributed by atoms with van der Waals surface area (Å²) >= 11 is 3.54. The molecule has 0 unspecified atom stereocenters. The maximum atomic E-state index is 13.0. The molecule has 4 heteroatoms. The molecule has 0 aliphatic heterocycles. The van der Waals surface area contributed by atoms with Gasteiger partial charge in [0.15, 0.2) is 11.6 Å². The van der Waals surface area contributed by atoms with Crippen LogP contribution in [0.1, 0.15) is 57.5 Å². The summed E-state index contributed by atoms with van der Waals surface area (Å²) in [6, 6.07) is 21.3. The molecule has 1 aliphatic carbocycles. The van der Waals surface area contributed by atoms with Crippen molar-refractivity contribution in [1.82, 2.24) is 0 Å². The molecule has 0 bridgehead atoms. The average molecular weight is 429 g/mol. The lowest BCUT2D eigenvalue weighted by atomic mass is 9.83. The first kappa shape index (κ1) is 19.2. The van der Waals surface area contributed by atoms with Gasteiger partial charge in [0.25, 0.3) is 0 Å². The van der Waals surface area contributed by atoms with Crippen LogP contribution < -0.4 is 0 Å². The topological polar surface area (TPSA) is 34.1 Å². The number of thiophene rings is 2. The zero-order valence-electron chi connectivity index (χ0n) is 17.0. The third-order valence-corrected chi connectivity index (χ3v) is 8.24. The van der Waals surface area contributed by atoms with E-state index in [9.17, 15) is 9.59 Å². The van der Waals surface area contributed by atoms with E-state index >= 15 is 0 Å². The van der Waals surface area contributed by atoms with Gasteiger partial charge in [-0.05, 0) is 47.4 Å². The van der Waals surface area contributed by atoms with E-state index in [1.54, 1.807) is 41.7 Å². The highest BCUT2D eigenvalue weighted by molar-refractivity contribution is 7.24. The fourth-order valence-corrected chi connectivity index (χ4v) is 5.91. The average Bonchev–Trinajstić information content (AvgIpc) is 3.41. The maximum Gasteiger partial charge on any atom is 0.194 e. The van der Waals surface area contributed by atoms with Crippen molar-refractivity contribution in [1.29, 1.82) is 0 Å². The van der Waals surface area contributed by atoms with Crippen LogP contribution in [0.4, 0.5) is 0 Å². The zero-order valence-corrected chi connectivity index (χ0v) is 18.6. The van der Waals surface area contributed by atoms with Crippen LogP contribution in [-0.4, -0.2) is 11.6 Å². The van der Waals surface area contributed by atoms with Crippen LogP contribution in [0.25, 0.3) is 20.2 Å². The number of benzene rings is 2. The van der Waals surface area contributed by atoms with E-state index in [0.29, 0.717) is 22.3 Å². The predicted octanol–water partition coefficient (Wildman–Crippen LogP) is 7.22. The van der Waals surface area contributed by atoms with E-state index in [2.05, 4.69) is 45.0 Å². The van der Waals surface area contributed by atoms with Crippen molar-refractivity contribution in [3.63, 3.8) is 0 Å². The number of ketones is 2. The van der Waals surface area contributed by atoms with Crippen molar-refractivity contribution in [2.45, 2.75) is 26.2 Å². The van der Waals surface area contributed by atoms with Crippen molar-refractivity contribution >= 4 is 34.2 Å². The molecule has 148 valence electrons. The van der Waals surface area contributed by atoms with Gasteiger partial charge in [-0.15, -0.1) is 22.7 Å². The monoisotopic (exact) mass is 428 g/mol. The molecule has 0 radical (unpaired) electrons. The number of hydrogen-bond donors (Lipinski definition) is 0. The van der Waals surface area contributed by atoms with Crippen molar-refractivity contribution in [3.8, 4) is 20.2 Å². The second-order valence-electron chi connectivity index (χ2n) is 8.54. The summed E-state index contributed by atoms with van der Waals surface area (Å²) in [6.45, 7) is 6.68. The summed E-state index contributed by atoms with van der Waals surface area (Å²) in [4.78, 5) is 30.8. The molecule has 2 aromatic heterocycles. The van der Waals surface area contributed by atoms with Crippen molar-refractivity contribution in [2.75, 3.05) is 0 Å². The van der Waals surface area contributed by atoms with Crippen LogP contribution in [0.5, 0.6) is 0 Å². The Balaban J connectivity index is 1.52. The Morgan fingerprint density at radius 3 is 1.83 bits per heavy atom. The SMILES string of the molecule is CC(C)(C)c1ccc(-c2ccc(-c3ccc4c(c3)C(=O)c3ccccc3C4=O)s2)s1. The minimum absolute atomic E-state index is 0.0769. The Labute approximate surface area is 183 Å². The van der Waals surface area contributed by atoms with Gasteiger partial charge in [0.1, 0.15) is 0 Å². The number of rotatable bonds is 2. The molecule has 0 amide bonds. The van der Waals surface area contributed by atoms with Crippen molar-refractivity contribution in [3.05, 3.63) is 93.9 Å². The Morgan fingerprint density at radius 1 is 0.600 bits per heavy atom. The van der Waals surface area contributed by atoms with Gasteiger partial charge in [0.05, 0.1) is 0 Å². The fourth-order valence-electron chi connectivity index (χ4n) is 3.75. The highest BCUT2D eigenvalue weighted by atomic mass is 32.1. The molecule has 30 heavy (non-hydrogen) atoms. The first-order chi connectivity index (χ1) is 14.3. The highest BCUT2D eigenvalue weighted by Gasteiger charge is 2.29. The van der Waals surface area contributed by atoms with Crippen LogP contribution in [0, 0.1) is 0 Å². The first-order valence-corrected chi connectivity index (χ1v) is 11.5. The molecule has 0 saturated carbocycles. The Bertz CT molecular complexity index is 1310. The quantitative estimate of drug-likeness (QED) is 0.297. The molecule has 2 nitrogen and oxygen atoms in total. The highest BCUT2D eigenvalue weighted by Crippen LogP contribution is 2.41. The number of fused-ring (bicyclic) bond motifs is 2. The number of carbonyl (C=O) groups is 2. The van der Waals surface area contributed by atoms with Gasteiger partial charge in [0, 0.05) is 41.8 Å². The molecule has 1 aliphatic rings. The lowest BCUT2D eigenvalue weighted by Gasteiger charge is -2.17. The summed E-state index contributed by atoms with van der Waals surface area (Å²) in [5, 5.41) is 0.